The van der Waals surface area contributed by atoms with Gasteiger partial charge in [-0.2, -0.15) is 0 Å². The van der Waals surface area contributed by atoms with Crippen LogP contribution in [0.2, 0.25) is 0 Å². The standard InChI is InChI=1S/C20H20/c1-4-16(2)10-11-17(3)18-12-14-20(15-13-18)19-8-6-5-7-9-19/h4-15H,3H2,1-2H3/b11-10-,16-4-. The van der Waals surface area contributed by atoms with Gasteiger partial charge >= 0.3 is 0 Å². The molecule has 0 heteroatoms. The molecule has 0 radical (unpaired) electrons. The van der Waals surface area contributed by atoms with E-state index < -0.39 is 0 Å². The molecule has 0 heterocycles. The number of benzene rings is 2. The highest BCUT2D eigenvalue weighted by Gasteiger charge is 1.98. The number of allylic oxidation sites excluding steroid dienone is 5. The molecule has 2 aromatic rings. The van der Waals surface area contributed by atoms with Gasteiger partial charge in [0.15, 0.2) is 0 Å². The molecule has 20 heavy (non-hydrogen) atoms. The lowest BCUT2D eigenvalue weighted by atomic mass is 10.0. The molecule has 2 rings (SSSR count). The number of hydrogen-bond donors (Lipinski definition) is 0. The van der Waals surface area contributed by atoms with Crippen LogP contribution in [0.15, 0.2) is 85.0 Å². The van der Waals surface area contributed by atoms with Crippen molar-refractivity contribution in [1.29, 1.82) is 0 Å². The van der Waals surface area contributed by atoms with Gasteiger partial charge in [-0.3, -0.25) is 0 Å². The third-order valence-corrected chi connectivity index (χ3v) is 3.37. The molecule has 0 amide bonds. The molecular formula is C20H20. The summed E-state index contributed by atoms with van der Waals surface area (Å²) in [4.78, 5) is 0. The largest absolute Gasteiger partial charge is 0.0912 e. The third kappa shape index (κ3) is 3.58. The quantitative estimate of drug-likeness (QED) is 0.601. The Morgan fingerprint density at radius 2 is 1.45 bits per heavy atom. The summed E-state index contributed by atoms with van der Waals surface area (Å²) in [7, 11) is 0. The monoisotopic (exact) mass is 260 g/mol. The fourth-order valence-corrected chi connectivity index (χ4v) is 1.93. The van der Waals surface area contributed by atoms with Crippen LogP contribution in [0, 0.1) is 0 Å². The molecule has 100 valence electrons. The maximum Gasteiger partial charge on any atom is -0.0184 e. The van der Waals surface area contributed by atoms with E-state index in [0.717, 1.165) is 11.1 Å². The molecule has 0 saturated carbocycles. The highest BCUT2D eigenvalue weighted by molar-refractivity contribution is 5.74. The van der Waals surface area contributed by atoms with E-state index in [1.807, 2.05) is 13.0 Å². The minimum absolute atomic E-state index is 1.03. The Bertz CT molecular complexity index is 625. The Labute approximate surface area is 121 Å². The van der Waals surface area contributed by atoms with Gasteiger partial charge in [0.1, 0.15) is 0 Å². The van der Waals surface area contributed by atoms with E-state index in [9.17, 15) is 0 Å². The fourth-order valence-electron chi connectivity index (χ4n) is 1.93. The summed E-state index contributed by atoms with van der Waals surface area (Å²) < 4.78 is 0. The van der Waals surface area contributed by atoms with E-state index in [2.05, 4.69) is 80.3 Å². The van der Waals surface area contributed by atoms with Gasteiger partial charge < -0.3 is 0 Å². The highest BCUT2D eigenvalue weighted by Crippen LogP contribution is 2.22. The Morgan fingerprint density at radius 1 is 0.850 bits per heavy atom. The molecule has 0 aromatic heterocycles. The molecule has 0 fully saturated rings. The Hall–Kier alpha value is -2.34. The van der Waals surface area contributed by atoms with Crippen molar-refractivity contribution in [2.75, 3.05) is 0 Å². The Balaban J connectivity index is 2.17. The van der Waals surface area contributed by atoms with Crippen molar-refractivity contribution in [2.24, 2.45) is 0 Å². The van der Waals surface area contributed by atoms with E-state index in [-0.39, 0.29) is 0 Å². The van der Waals surface area contributed by atoms with Crippen LogP contribution in [0.1, 0.15) is 19.4 Å². The minimum atomic E-state index is 1.03. The molecule has 0 saturated heterocycles. The average Bonchev–Trinajstić information content (AvgIpc) is 2.53. The SMILES string of the molecule is C=C(/C=C\C(C)=C/C)c1ccc(-c2ccccc2)cc1. The molecule has 2 aromatic carbocycles. The normalized spacial score (nSPS) is 11.8. The van der Waals surface area contributed by atoms with Crippen molar-refractivity contribution in [3.8, 4) is 11.1 Å². The summed E-state index contributed by atoms with van der Waals surface area (Å²) in [5.74, 6) is 0. The Morgan fingerprint density at radius 3 is 2.05 bits per heavy atom. The molecule has 0 nitrogen and oxygen atoms in total. The second kappa shape index (κ2) is 6.72. The maximum absolute atomic E-state index is 4.12. The van der Waals surface area contributed by atoms with Gasteiger partial charge in [0, 0.05) is 0 Å². The van der Waals surface area contributed by atoms with Crippen molar-refractivity contribution in [3.63, 3.8) is 0 Å². The van der Waals surface area contributed by atoms with E-state index in [0.29, 0.717) is 0 Å². The third-order valence-electron chi connectivity index (χ3n) is 3.37. The van der Waals surface area contributed by atoms with Crippen molar-refractivity contribution in [2.45, 2.75) is 13.8 Å². The summed E-state index contributed by atoms with van der Waals surface area (Å²) in [5.41, 5.74) is 5.91. The van der Waals surface area contributed by atoms with Gasteiger partial charge in [-0.15, -0.1) is 0 Å². The van der Waals surface area contributed by atoms with Gasteiger partial charge in [0.05, 0.1) is 0 Å². The van der Waals surface area contributed by atoms with Crippen molar-refractivity contribution in [3.05, 3.63) is 90.5 Å². The summed E-state index contributed by atoms with van der Waals surface area (Å²) in [6, 6.07) is 18.9. The maximum atomic E-state index is 4.12. The van der Waals surface area contributed by atoms with Crippen LogP contribution in [0.3, 0.4) is 0 Å². The zero-order valence-electron chi connectivity index (χ0n) is 12.1. The van der Waals surface area contributed by atoms with E-state index in [1.165, 1.54) is 16.7 Å². The smallest absolute Gasteiger partial charge is 0.0184 e. The van der Waals surface area contributed by atoms with Crippen LogP contribution in [0.4, 0.5) is 0 Å². The first kappa shape index (κ1) is 14.1. The van der Waals surface area contributed by atoms with E-state index in [4.69, 9.17) is 0 Å². The van der Waals surface area contributed by atoms with E-state index >= 15 is 0 Å². The van der Waals surface area contributed by atoms with Crippen molar-refractivity contribution in [1.82, 2.24) is 0 Å². The van der Waals surface area contributed by atoms with Gasteiger partial charge in [-0.25, -0.2) is 0 Å². The second-order valence-electron chi connectivity index (χ2n) is 4.83. The first-order valence-corrected chi connectivity index (χ1v) is 6.86. The molecule has 0 aliphatic rings. The highest BCUT2D eigenvalue weighted by atomic mass is 14.0. The molecule has 0 atom stereocenters. The lowest BCUT2D eigenvalue weighted by molar-refractivity contribution is 1.48. The lowest BCUT2D eigenvalue weighted by Gasteiger charge is -2.04. The zero-order valence-corrected chi connectivity index (χ0v) is 12.1. The number of hydrogen-bond acceptors (Lipinski definition) is 0. The molecule has 0 aliphatic heterocycles. The van der Waals surface area contributed by atoms with Crippen LogP contribution in [-0.4, -0.2) is 0 Å². The van der Waals surface area contributed by atoms with Gasteiger partial charge in [0.2, 0.25) is 0 Å². The fraction of sp³-hybridized carbons (Fsp3) is 0.100. The van der Waals surface area contributed by atoms with Crippen molar-refractivity contribution < 1.29 is 0 Å². The zero-order chi connectivity index (χ0) is 14.4. The molecule has 0 unspecified atom stereocenters. The minimum Gasteiger partial charge on any atom is -0.0912 e. The summed E-state index contributed by atoms with van der Waals surface area (Å²) in [5, 5.41) is 0. The second-order valence-corrected chi connectivity index (χ2v) is 4.83. The van der Waals surface area contributed by atoms with Crippen molar-refractivity contribution >= 4 is 5.57 Å². The average molecular weight is 260 g/mol. The molecule has 0 spiro atoms. The molecule has 0 N–H and O–H groups in total. The van der Waals surface area contributed by atoms with Crippen LogP contribution in [-0.2, 0) is 0 Å². The van der Waals surface area contributed by atoms with Gasteiger partial charge in [-0.1, -0.05) is 85.0 Å². The van der Waals surface area contributed by atoms with E-state index in [1.54, 1.807) is 0 Å². The van der Waals surface area contributed by atoms with Crippen LogP contribution >= 0.6 is 0 Å². The van der Waals surface area contributed by atoms with Gasteiger partial charge in [0.25, 0.3) is 0 Å². The van der Waals surface area contributed by atoms with Crippen LogP contribution < -0.4 is 0 Å². The summed E-state index contributed by atoms with van der Waals surface area (Å²) in [6.45, 7) is 8.24. The molecule has 0 aliphatic carbocycles. The predicted octanol–water partition coefficient (Wildman–Crippen LogP) is 5.89. The lowest BCUT2D eigenvalue weighted by Crippen LogP contribution is -1.81. The first-order chi connectivity index (χ1) is 9.70. The first-order valence-electron chi connectivity index (χ1n) is 6.86. The molecule has 0 bridgehead atoms. The topological polar surface area (TPSA) is 0 Å². The van der Waals surface area contributed by atoms with Crippen LogP contribution in [0.25, 0.3) is 16.7 Å². The Kier molecular flexibility index (Phi) is 4.73. The molecular weight excluding hydrogens is 240 g/mol. The number of rotatable bonds is 4. The summed E-state index contributed by atoms with van der Waals surface area (Å²) in [6.07, 6.45) is 6.24. The summed E-state index contributed by atoms with van der Waals surface area (Å²) >= 11 is 0. The van der Waals surface area contributed by atoms with Crippen LogP contribution in [0.5, 0.6) is 0 Å². The predicted molar refractivity (Wildman–Crippen MR) is 89.5 cm³/mol. The van der Waals surface area contributed by atoms with Gasteiger partial charge in [-0.05, 0) is 36.1 Å².